The summed E-state index contributed by atoms with van der Waals surface area (Å²) in [4.78, 5) is 28.3. The maximum Gasteiger partial charge on any atom is 0.294 e. The number of hydrogen-bond acceptors (Lipinski definition) is 4. The van der Waals surface area contributed by atoms with Crippen LogP contribution in [-0.2, 0) is 4.79 Å². The number of thioether (sulfide) groups is 1. The molecular formula is C21H24N2O2S. The fourth-order valence-electron chi connectivity index (χ4n) is 3.76. The first kappa shape index (κ1) is 18.6. The topological polar surface area (TPSA) is 40.6 Å². The van der Waals surface area contributed by atoms with Crippen molar-refractivity contribution < 1.29 is 9.59 Å². The van der Waals surface area contributed by atoms with Crippen molar-refractivity contribution in [3.63, 3.8) is 0 Å². The van der Waals surface area contributed by atoms with E-state index in [0.29, 0.717) is 10.8 Å². The molecule has 2 aliphatic heterocycles. The van der Waals surface area contributed by atoms with Crippen LogP contribution in [0.4, 0.5) is 10.5 Å². The lowest BCUT2D eigenvalue weighted by Crippen LogP contribution is -2.45. The summed E-state index contributed by atoms with van der Waals surface area (Å²) in [6, 6.07) is 4.35. The van der Waals surface area contributed by atoms with E-state index in [1.807, 2.05) is 13.0 Å². The normalized spacial score (nSPS) is 23.4. The van der Waals surface area contributed by atoms with Crippen LogP contribution in [0.3, 0.4) is 0 Å². The molecule has 0 unspecified atom stereocenters. The van der Waals surface area contributed by atoms with Crippen molar-refractivity contribution in [1.82, 2.24) is 4.90 Å². The van der Waals surface area contributed by atoms with Crippen molar-refractivity contribution in [2.75, 3.05) is 18.5 Å². The van der Waals surface area contributed by atoms with E-state index >= 15 is 0 Å². The third kappa shape index (κ3) is 3.03. The Labute approximate surface area is 159 Å². The summed E-state index contributed by atoms with van der Waals surface area (Å²) in [7, 11) is 2.13. The summed E-state index contributed by atoms with van der Waals surface area (Å²) in [5.74, 6) is 2.49. The van der Waals surface area contributed by atoms with E-state index in [2.05, 4.69) is 50.8 Å². The van der Waals surface area contributed by atoms with Crippen LogP contribution in [0.25, 0.3) is 6.08 Å². The molecule has 4 nitrogen and oxygen atoms in total. The highest BCUT2D eigenvalue weighted by atomic mass is 32.2. The van der Waals surface area contributed by atoms with Crippen LogP contribution in [-0.4, -0.2) is 35.2 Å². The van der Waals surface area contributed by atoms with Crippen LogP contribution in [0.2, 0.25) is 0 Å². The van der Waals surface area contributed by atoms with E-state index in [1.54, 1.807) is 0 Å². The van der Waals surface area contributed by atoms with Crippen LogP contribution in [0, 0.1) is 19.3 Å². The third-order valence-electron chi connectivity index (χ3n) is 5.43. The predicted molar refractivity (Wildman–Crippen MR) is 108 cm³/mol. The molecule has 0 aromatic heterocycles. The summed E-state index contributed by atoms with van der Waals surface area (Å²) < 4.78 is 0. The lowest BCUT2D eigenvalue weighted by atomic mass is 9.79. The molecule has 1 saturated heterocycles. The predicted octanol–water partition coefficient (Wildman–Crippen LogP) is 4.39. The van der Waals surface area contributed by atoms with Crippen molar-refractivity contribution in [1.29, 1.82) is 0 Å². The van der Waals surface area contributed by atoms with E-state index in [4.69, 9.17) is 6.42 Å². The first-order valence-corrected chi connectivity index (χ1v) is 9.54. The Bertz CT molecular complexity index is 863. The standard InChI is InChI=1S/C21H24N2O2S/c1-7-8-23-19(24)18(26-20(23)25)11-15-10-16-14(3)12-21(4,5)22(6)17(16)9-13(15)2/h1,9-11,14H,8,12H2,2-6H3/b18-11-/t14-/m0/s1. The molecule has 136 valence electrons. The van der Waals surface area contributed by atoms with E-state index in [-0.39, 0.29) is 23.2 Å². The second kappa shape index (κ2) is 6.51. The maximum absolute atomic E-state index is 12.4. The molecule has 0 spiro atoms. The van der Waals surface area contributed by atoms with Crippen LogP contribution in [0.1, 0.15) is 49.8 Å². The van der Waals surface area contributed by atoms with E-state index in [1.165, 1.54) is 11.3 Å². The first-order valence-electron chi connectivity index (χ1n) is 8.73. The lowest BCUT2D eigenvalue weighted by Gasteiger charge is -2.45. The monoisotopic (exact) mass is 368 g/mol. The van der Waals surface area contributed by atoms with Crippen molar-refractivity contribution in [2.24, 2.45) is 0 Å². The molecule has 1 atom stereocenters. The largest absolute Gasteiger partial charge is 0.369 e. The van der Waals surface area contributed by atoms with E-state index in [0.717, 1.165) is 34.2 Å². The van der Waals surface area contributed by atoms with Gasteiger partial charge in [-0.1, -0.05) is 12.8 Å². The van der Waals surface area contributed by atoms with Gasteiger partial charge < -0.3 is 4.90 Å². The number of amides is 2. The molecule has 5 heteroatoms. The average Bonchev–Trinajstić information content (AvgIpc) is 2.82. The number of hydrogen-bond donors (Lipinski definition) is 0. The number of imide groups is 1. The lowest BCUT2D eigenvalue weighted by molar-refractivity contribution is -0.122. The second-order valence-electron chi connectivity index (χ2n) is 7.72. The molecule has 1 aromatic carbocycles. The summed E-state index contributed by atoms with van der Waals surface area (Å²) in [5, 5.41) is -0.301. The van der Waals surface area contributed by atoms with Crippen LogP contribution < -0.4 is 4.90 Å². The van der Waals surface area contributed by atoms with Gasteiger partial charge in [-0.15, -0.1) is 6.42 Å². The van der Waals surface area contributed by atoms with E-state index < -0.39 is 0 Å². The molecule has 2 aliphatic rings. The van der Waals surface area contributed by atoms with Gasteiger partial charge in [-0.25, -0.2) is 0 Å². The highest BCUT2D eigenvalue weighted by molar-refractivity contribution is 8.18. The summed E-state index contributed by atoms with van der Waals surface area (Å²) in [5.41, 5.74) is 4.70. The van der Waals surface area contributed by atoms with Gasteiger partial charge in [-0.05, 0) is 79.8 Å². The van der Waals surface area contributed by atoms with Crippen LogP contribution in [0.15, 0.2) is 17.0 Å². The zero-order chi connectivity index (χ0) is 19.2. The Morgan fingerprint density at radius 3 is 2.73 bits per heavy atom. The van der Waals surface area contributed by atoms with Gasteiger partial charge in [0.2, 0.25) is 0 Å². The molecule has 0 aliphatic carbocycles. The summed E-state index contributed by atoms with van der Waals surface area (Å²) >= 11 is 0.956. The fraction of sp³-hybridized carbons (Fsp3) is 0.429. The Balaban J connectivity index is 2.02. The highest BCUT2D eigenvalue weighted by Crippen LogP contribution is 2.44. The number of anilines is 1. The van der Waals surface area contributed by atoms with Crippen molar-refractivity contribution in [3.05, 3.63) is 33.7 Å². The van der Waals surface area contributed by atoms with E-state index in [9.17, 15) is 9.59 Å². The third-order valence-corrected chi connectivity index (χ3v) is 6.34. The van der Waals surface area contributed by atoms with Gasteiger partial charge in [-0.3, -0.25) is 14.5 Å². The molecular weight excluding hydrogens is 344 g/mol. The molecule has 2 heterocycles. The fourth-order valence-corrected chi connectivity index (χ4v) is 4.59. The number of nitrogens with zero attached hydrogens (tertiary/aromatic N) is 2. The van der Waals surface area contributed by atoms with Crippen molar-refractivity contribution >= 4 is 34.7 Å². The second-order valence-corrected chi connectivity index (χ2v) is 8.71. The summed E-state index contributed by atoms with van der Waals surface area (Å²) in [6.07, 6.45) is 8.14. The van der Waals surface area contributed by atoms with Crippen molar-refractivity contribution in [2.45, 2.75) is 45.6 Å². The van der Waals surface area contributed by atoms with Gasteiger partial charge in [0.25, 0.3) is 11.1 Å². The quantitative estimate of drug-likeness (QED) is 0.573. The molecule has 1 fully saturated rings. The van der Waals surface area contributed by atoms with Gasteiger partial charge in [0.1, 0.15) is 0 Å². The Morgan fingerprint density at radius 1 is 1.38 bits per heavy atom. The molecule has 0 bridgehead atoms. The van der Waals surface area contributed by atoms with Crippen molar-refractivity contribution in [3.8, 4) is 12.3 Å². The number of carbonyl (C=O) groups is 2. The minimum atomic E-state index is -0.304. The smallest absolute Gasteiger partial charge is 0.294 e. The van der Waals surface area contributed by atoms with Gasteiger partial charge in [-0.2, -0.15) is 0 Å². The molecule has 0 N–H and O–H groups in total. The molecule has 26 heavy (non-hydrogen) atoms. The first-order chi connectivity index (χ1) is 12.2. The number of terminal acetylenes is 1. The van der Waals surface area contributed by atoms with Gasteiger partial charge in [0, 0.05) is 18.3 Å². The maximum atomic E-state index is 12.4. The Hall–Kier alpha value is -2.19. The minimum absolute atomic E-state index is 0.0160. The minimum Gasteiger partial charge on any atom is -0.369 e. The summed E-state index contributed by atoms with van der Waals surface area (Å²) in [6.45, 7) is 8.82. The molecule has 2 amide bonds. The number of carbonyl (C=O) groups excluding carboxylic acids is 2. The zero-order valence-corrected chi connectivity index (χ0v) is 16.7. The molecule has 1 aromatic rings. The average molecular weight is 369 g/mol. The van der Waals surface area contributed by atoms with Crippen LogP contribution >= 0.6 is 11.8 Å². The van der Waals surface area contributed by atoms with Gasteiger partial charge >= 0.3 is 0 Å². The Kier molecular flexibility index (Phi) is 4.66. The molecule has 0 saturated carbocycles. The zero-order valence-electron chi connectivity index (χ0n) is 15.9. The number of rotatable bonds is 2. The Morgan fingerprint density at radius 2 is 2.08 bits per heavy atom. The molecule has 3 rings (SSSR count). The number of benzene rings is 1. The van der Waals surface area contributed by atoms with Crippen LogP contribution in [0.5, 0.6) is 0 Å². The van der Waals surface area contributed by atoms with Gasteiger partial charge in [0.05, 0.1) is 11.4 Å². The van der Waals surface area contributed by atoms with Gasteiger partial charge in [0.15, 0.2) is 0 Å². The highest BCUT2D eigenvalue weighted by Gasteiger charge is 2.36. The number of fused-ring (bicyclic) bond motifs is 1. The number of aryl methyl sites for hydroxylation is 1. The SMILES string of the molecule is C#CCN1C(=O)S/C(=C\c2cc3c(cc2C)N(C)C(C)(C)C[C@@H]3C)C1=O. The molecule has 0 radical (unpaired) electrons.